The quantitative estimate of drug-likeness (QED) is 0.334. The van der Waals surface area contributed by atoms with Crippen molar-refractivity contribution in [2.24, 2.45) is 0 Å². The third kappa shape index (κ3) is 3.13. The first-order valence-electron chi connectivity index (χ1n) is 9.21. The lowest BCUT2D eigenvalue weighted by Gasteiger charge is -2.43. The van der Waals surface area contributed by atoms with E-state index in [9.17, 15) is 8.42 Å². The van der Waals surface area contributed by atoms with Crippen LogP contribution in [-0.2, 0) is 15.6 Å². The Hall–Kier alpha value is -1.74. The van der Waals surface area contributed by atoms with Crippen molar-refractivity contribution in [3.05, 3.63) is 56.7 Å². The third-order valence-electron chi connectivity index (χ3n) is 5.03. The van der Waals surface area contributed by atoms with Gasteiger partial charge in [-0.3, -0.25) is 4.31 Å². The standard InChI is InChI=1S/C21H21NO3S4/c1-5-25-16-8-6-7-15-17-19(27-28-20(17)26)21(3,4)22(18(15)16)29(23,24)14-11-9-13(2)10-12-14/h6-12H,5H2,1-4H3. The molecule has 0 atom stereocenters. The Morgan fingerprint density at radius 3 is 2.45 bits per heavy atom. The number of anilines is 1. The van der Waals surface area contributed by atoms with Crippen molar-refractivity contribution in [2.75, 3.05) is 10.9 Å². The van der Waals surface area contributed by atoms with Crippen molar-refractivity contribution < 1.29 is 13.2 Å². The molecule has 1 aliphatic rings. The minimum Gasteiger partial charge on any atom is -0.492 e. The van der Waals surface area contributed by atoms with Crippen LogP contribution in [0.3, 0.4) is 0 Å². The van der Waals surface area contributed by atoms with Crippen molar-refractivity contribution >= 4 is 48.6 Å². The van der Waals surface area contributed by atoms with E-state index in [0.29, 0.717) is 18.0 Å². The molecule has 2 heterocycles. The van der Waals surface area contributed by atoms with Gasteiger partial charge in [-0.05, 0) is 45.9 Å². The van der Waals surface area contributed by atoms with E-state index < -0.39 is 15.6 Å². The highest BCUT2D eigenvalue weighted by Crippen LogP contribution is 2.56. The topological polar surface area (TPSA) is 46.6 Å². The summed E-state index contributed by atoms with van der Waals surface area (Å²) >= 11 is 5.62. The molecule has 0 amide bonds. The minimum atomic E-state index is -3.84. The number of rotatable bonds is 4. The number of sulfonamides is 1. The molecule has 0 aliphatic carbocycles. The number of para-hydroxylation sites is 1. The Morgan fingerprint density at radius 2 is 1.79 bits per heavy atom. The zero-order chi connectivity index (χ0) is 21.0. The van der Waals surface area contributed by atoms with E-state index in [2.05, 4.69) is 0 Å². The molecule has 4 nitrogen and oxygen atoms in total. The molecular formula is C21H21NO3S4. The van der Waals surface area contributed by atoms with Crippen LogP contribution >= 0.6 is 32.9 Å². The van der Waals surface area contributed by atoms with Gasteiger partial charge in [-0.2, -0.15) is 0 Å². The Bertz CT molecular complexity index is 1240. The maximum absolute atomic E-state index is 13.9. The first-order valence-corrected chi connectivity index (χ1v) is 13.2. The van der Waals surface area contributed by atoms with Crippen LogP contribution in [0.25, 0.3) is 11.1 Å². The van der Waals surface area contributed by atoms with Gasteiger partial charge >= 0.3 is 0 Å². The van der Waals surface area contributed by atoms with Gasteiger partial charge < -0.3 is 4.74 Å². The minimum absolute atomic E-state index is 0.260. The van der Waals surface area contributed by atoms with E-state index in [1.54, 1.807) is 22.5 Å². The lowest BCUT2D eigenvalue weighted by atomic mass is 9.89. The van der Waals surface area contributed by atoms with Crippen LogP contribution in [-0.4, -0.2) is 15.0 Å². The summed E-state index contributed by atoms with van der Waals surface area (Å²) in [5, 5.41) is 0. The number of fused-ring (bicyclic) bond motifs is 3. The molecule has 3 aromatic rings. The summed E-state index contributed by atoms with van der Waals surface area (Å²) in [5.74, 6) is 0.546. The van der Waals surface area contributed by atoms with Crippen LogP contribution in [0.1, 0.15) is 31.2 Å². The van der Waals surface area contributed by atoms with Gasteiger partial charge in [0.05, 0.1) is 21.9 Å². The van der Waals surface area contributed by atoms with Crippen molar-refractivity contribution in [3.8, 4) is 16.9 Å². The smallest absolute Gasteiger partial charge is 0.265 e. The molecule has 0 fully saturated rings. The van der Waals surface area contributed by atoms with Crippen molar-refractivity contribution in [2.45, 2.75) is 38.1 Å². The number of ether oxygens (including phenoxy) is 1. The zero-order valence-electron chi connectivity index (χ0n) is 16.6. The van der Waals surface area contributed by atoms with Crippen molar-refractivity contribution in [3.63, 3.8) is 0 Å². The van der Waals surface area contributed by atoms with Crippen LogP contribution in [0.2, 0.25) is 0 Å². The highest BCUT2D eigenvalue weighted by molar-refractivity contribution is 7.93. The maximum atomic E-state index is 13.9. The Labute approximate surface area is 183 Å². The molecule has 4 rings (SSSR count). The second kappa shape index (κ2) is 7.19. The molecule has 1 aliphatic heterocycles. The normalized spacial score (nSPS) is 15.0. The molecule has 0 spiro atoms. The van der Waals surface area contributed by atoms with Gasteiger partial charge in [0.25, 0.3) is 10.0 Å². The Morgan fingerprint density at radius 1 is 1.10 bits per heavy atom. The van der Waals surface area contributed by atoms with Gasteiger partial charge in [0, 0.05) is 11.1 Å². The molecule has 0 unspecified atom stereocenters. The molecule has 1 aromatic heterocycles. The molecule has 29 heavy (non-hydrogen) atoms. The summed E-state index contributed by atoms with van der Waals surface area (Å²) in [6.45, 7) is 8.13. The maximum Gasteiger partial charge on any atom is 0.265 e. The summed E-state index contributed by atoms with van der Waals surface area (Å²) in [5.41, 5.74) is 2.52. The van der Waals surface area contributed by atoms with Crippen molar-refractivity contribution in [1.29, 1.82) is 0 Å². The fourth-order valence-electron chi connectivity index (χ4n) is 3.71. The molecular weight excluding hydrogens is 443 g/mol. The van der Waals surface area contributed by atoms with Crippen LogP contribution in [0, 0.1) is 10.7 Å². The zero-order valence-corrected chi connectivity index (χ0v) is 19.8. The fraction of sp³-hybridized carbons (Fsp3) is 0.286. The van der Waals surface area contributed by atoms with E-state index in [0.717, 1.165) is 25.4 Å². The lowest BCUT2D eigenvalue weighted by Crippen LogP contribution is -2.47. The average Bonchev–Trinajstić information content (AvgIpc) is 3.06. The number of aryl methyl sites for hydroxylation is 1. The predicted octanol–water partition coefficient (Wildman–Crippen LogP) is 6.36. The summed E-state index contributed by atoms with van der Waals surface area (Å²) < 4.78 is 36.0. The number of hydrogen-bond acceptors (Lipinski definition) is 6. The summed E-state index contributed by atoms with van der Waals surface area (Å²) in [7, 11) is -0.784. The van der Waals surface area contributed by atoms with Crippen LogP contribution in [0.5, 0.6) is 5.75 Å². The third-order valence-corrected chi connectivity index (χ3v) is 10.3. The number of nitrogens with zero attached hydrogens (tertiary/aromatic N) is 1. The van der Waals surface area contributed by atoms with Crippen LogP contribution in [0.15, 0.2) is 47.4 Å². The van der Waals surface area contributed by atoms with E-state index in [-0.39, 0.29) is 4.90 Å². The van der Waals surface area contributed by atoms with Gasteiger partial charge in [-0.1, -0.05) is 62.7 Å². The molecule has 0 bridgehead atoms. The van der Waals surface area contributed by atoms with Gasteiger partial charge in [0.2, 0.25) is 0 Å². The highest BCUT2D eigenvalue weighted by Gasteiger charge is 2.47. The monoisotopic (exact) mass is 463 g/mol. The first kappa shape index (κ1) is 20.5. The summed E-state index contributed by atoms with van der Waals surface area (Å²) in [4.78, 5) is 1.22. The summed E-state index contributed by atoms with van der Waals surface area (Å²) in [6, 6.07) is 12.6. The molecule has 0 radical (unpaired) electrons. The molecule has 2 aromatic carbocycles. The second-order valence-corrected chi connectivity index (χ2v) is 12.0. The largest absolute Gasteiger partial charge is 0.492 e. The predicted molar refractivity (Wildman–Crippen MR) is 124 cm³/mol. The molecule has 0 saturated carbocycles. The molecule has 0 N–H and O–H groups in total. The van der Waals surface area contributed by atoms with E-state index in [4.69, 9.17) is 17.0 Å². The number of benzene rings is 2. The summed E-state index contributed by atoms with van der Waals surface area (Å²) in [6.07, 6.45) is 0. The Kier molecular flexibility index (Phi) is 5.09. The fourth-order valence-corrected chi connectivity index (χ4v) is 8.86. The van der Waals surface area contributed by atoms with E-state index in [1.165, 1.54) is 14.6 Å². The molecule has 0 saturated heterocycles. The molecule has 152 valence electrons. The first-order chi connectivity index (χ1) is 13.7. The van der Waals surface area contributed by atoms with Crippen LogP contribution in [0.4, 0.5) is 5.69 Å². The van der Waals surface area contributed by atoms with Gasteiger partial charge in [0.1, 0.15) is 15.3 Å². The van der Waals surface area contributed by atoms with E-state index >= 15 is 0 Å². The van der Waals surface area contributed by atoms with Crippen molar-refractivity contribution in [1.82, 2.24) is 0 Å². The lowest BCUT2D eigenvalue weighted by molar-refractivity contribution is 0.339. The average molecular weight is 464 g/mol. The molecule has 8 heteroatoms. The SMILES string of the molecule is CCOc1cccc2c1N(S(=O)(=O)c1ccc(C)cc1)C(C)(C)c1ssc(=S)c1-2. The van der Waals surface area contributed by atoms with Gasteiger partial charge in [-0.15, -0.1) is 0 Å². The van der Waals surface area contributed by atoms with Gasteiger partial charge in [-0.25, -0.2) is 8.42 Å². The van der Waals surface area contributed by atoms with Crippen LogP contribution < -0.4 is 9.04 Å². The van der Waals surface area contributed by atoms with E-state index in [1.807, 2.05) is 58.0 Å². The number of hydrogen-bond donors (Lipinski definition) is 0. The second-order valence-electron chi connectivity index (χ2n) is 7.39. The highest BCUT2D eigenvalue weighted by atomic mass is 32.9. The van der Waals surface area contributed by atoms with Gasteiger partial charge in [0.15, 0.2) is 0 Å². The Balaban J connectivity index is 2.07.